The number of pyridine rings is 1. The topological polar surface area (TPSA) is 48.1 Å². The van der Waals surface area contributed by atoms with Crippen molar-refractivity contribution in [1.29, 1.82) is 0 Å². The maximum absolute atomic E-state index is 5.88. The minimum absolute atomic E-state index is 0.391. The summed E-state index contributed by atoms with van der Waals surface area (Å²) in [7, 11) is 0. The SMILES string of the molecule is NCc1cnccc1OC1CCCC1. The molecule has 0 radical (unpaired) electrons. The molecule has 1 aromatic rings. The molecule has 1 aliphatic carbocycles. The van der Waals surface area contributed by atoms with Crippen LogP contribution in [0.4, 0.5) is 0 Å². The van der Waals surface area contributed by atoms with Crippen LogP contribution in [0.2, 0.25) is 0 Å². The summed E-state index contributed by atoms with van der Waals surface area (Å²) in [6.07, 6.45) is 8.84. The van der Waals surface area contributed by atoms with Crippen molar-refractivity contribution in [2.24, 2.45) is 5.73 Å². The molecule has 1 aliphatic rings. The first-order valence-corrected chi connectivity index (χ1v) is 5.20. The van der Waals surface area contributed by atoms with Crippen molar-refractivity contribution >= 4 is 0 Å². The highest BCUT2D eigenvalue weighted by Gasteiger charge is 2.17. The monoisotopic (exact) mass is 192 g/mol. The van der Waals surface area contributed by atoms with Gasteiger partial charge in [-0.2, -0.15) is 0 Å². The number of ether oxygens (including phenoxy) is 1. The van der Waals surface area contributed by atoms with Crippen molar-refractivity contribution in [2.45, 2.75) is 38.3 Å². The summed E-state index contributed by atoms with van der Waals surface area (Å²) in [5, 5.41) is 0. The van der Waals surface area contributed by atoms with Crippen molar-refractivity contribution in [3.63, 3.8) is 0 Å². The van der Waals surface area contributed by atoms with Gasteiger partial charge in [-0.25, -0.2) is 0 Å². The molecule has 3 heteroatoms. The van der Waals surface area contributed by atoms with E-state index < -0.39 is 0 Å². The molecule has 2 rings (SSSR count). The van der Waals surface area contributed by atoms with Gasteiger partial charge in [0, 0.05) is 24.5 Å². The summed E-state index contributed by atoms with van der Waals surface area (Å²) in [5.74, 6) is 0.911. The highest BCUT2D eigenvalue weighted by atomic mass is 16.5. The molecular weight excluding hydrogens is 176 g/mol. The van der Waals surface area contributed by atoms with Gasteiger partial charge in [0.05, 0.1) is 6.10 Å². The average molecular weight is 192 g/mol. The predicted octanol–water partition coefficient (Wildman–Crippen LogP) is 1.86. The Bertz CT molecular complexity index is 295. The molecule has 0 bridgehead atoms. The summed E-state index contributed by atoms with van der Waals surface area (Å²) in [5.41, 5.74) is 6.60. The van der Waals surface area contributed by atoms with E-state index in [0.717, 1.165) is 11.3 Å². The van der Waals surface area contributed by atoms with Gasteiger partial charge in [-0.05, 0) is 31.7 Å². The summed E-state index contributed by atoms with van der Waals surface area (Å²) in [6.45, 7) is 0.496. The van der Waals surface area contributed by atoms with Crippen molar-refractivity contribution in [3.05, 3.63) is 24.0 Å². The van der Waals surface area contributed by atoms with E-state index in [-0.39, 0.29) is 0 Å². The van der Waals surface area contributed by atoms with Crippen LogP contribution in [0, 0.1) is 0 Å². The van der Waals surface area contributed by atoms with Gasteiger partial charge >= 0.3 is 0 Å². The zero-order chi connectivity index (χ0) is 9.80. The van der Waals surface area contributed by atoms with Crippen LogP contribution in [0.15, 0.2) is 18.5 Å². The Morgan fingerprint density at radius 1 is 1.43 bits per heavy atom. The van der Waals surface area contributed by atoms with Crippen LogP contribution in [0.25, 0.3) is 0 Å². The molecule has 1 aromatic heterocycles. The quantitative estimate of drug-likeness (QED) is 0.795. The van der Waals surface area contributed by atoms with E-state index in [1.54, 1.807) is 12.4 Å². The molecule has 0 aromatic carbocycles. The van der Waals surface area contributed by atoms with Gasteiger partial charge in [-0.3, -0.25) is 4.98 Å². The molecule has 0 unspecified atom stereocenters. The van der Waals surface area contributed by atoms with Gasteiger partial charge in [0.1, 0.15) is 5.75 Å². The highest BCUT2D eigenvalue weighted by molar-refractivity contribution is 5.30. The Morgan fingerprint density at radius 2 is 2.21 bits per heavy atom. The normalized spacial score (nSPS) is 17.2. The Kier molecular flexibility index (Phi) is 2.99. The summed E-state index contributed by atoms with van der Waals surface area (Å²) in [4.78, 5) is 4.03. The lowest BCUT2D eigenvalue weighted by atomic mass is 10.2. The predicted molar refractivity (Wildman–Crippen MR) is 55.0 cm³/mol. The highest BCUT2D eigenvalue weighted by Crippen LogP contribution is 2.25. The van der Waals surface area contributed by atoms with Crippen LogP contribution in [0.1, 0.15) is 31.2 Å². The van der Waals surface area contributed by atoms with E-state index in [1.165, 1.54) is 25.7 Å². The summed E-state index contributed by atoms with van der Waals surface area (Å²) < 4.78 is 5.88. The van der Waals surface area contributed by atoms with E-state index in [4.69, 9.17) is 10.5 Å². The molecule has 14 heavy (non-hydrogen) atoms. The Labute approximate surface area is 84.3 Å². The molecule has 1 fully saturated rings. The molecule has 0 atom stereocenters. The van der Waals surface area contributed by atoms with Crippen molar-refractivity contribution in [2.75, 3.05) is 0 Å². The first-order chi connectivity index (χ1) is 6.90. The fourth-order valence-corrected chi connectivity index (χ4v) is 1.87. The van der Waals surface area contributed by atoms with Crippen LogP contribution < -0.4 is 10.5 Å². The van der Waals surface area contributed by atoms with E-state index >= 15 is 0 Å². The zero-order valence-corrected chi connectivity index (χ0v) is 8.28. The number of hydrogen-bond acceptors (Lipinski definition) is 3. The number of aromatic nitrogens is 1. The first kappa shape index (κ1) is 9.46. The largest absolute Gasteiger partial charge is 0.490 e. The number of nitrogens with zero attached hydrogens (tertiary/aromatic N) is 1. The van der Waals surface area contributed by atoms with Crippen LogP contribution in [-0.4, -0.2) is 11.1 Å². The minimum atomic E-state index is 0.391. The molecule has 0 spiro atoms. The number of rotatable bonds is 3. The molecular formula is C11H16N2O. The van der Waals surface area contributed by atoms with E-state index in [1.807, 2.05) is 6.07 Å². The van der Waals surface area contributed by atoms with Crippen molar-refractivity contribution in [1.82, 2.24) is 4.98 Å². The van der Waals surface area contributed by atoms with E-state index in [0.29, 0.717) is 12.6 Å². The zero-order valence-electron chi connectivity index (χ0n) is 8.28. The second kappa shape index (κ2) is 4.42. The lowest BCUT2D eigenvalue weighted by molar-refractivity contribution is 0.208. The van der Waals surface area contributed by atoms with Gasteiger partial charge in [0.25, 0.3) is 0 Å². The third kappa shape index (κ3) is 2.04. The second-order valence-corrected chi connectivity index (χ2v) is 3.71. The van der Waals surface area contributed by atoms with Gasteiger partial charge in [-0.1, -0.05) is 0 Å². The smallest absolute Gasteiger partial charge is 0.127 e. The summed E-state index contributed by atoms with van der Waals surface area (Å²) in [6, 6.07) is 1.90. The standard InChI is InChI=1S/C11H16N2O/c12-7-9-8-13-6-5-11(9)14-10-3-1-2-4-10/h5-6,8,10H,1-4,7,12H2. The van der Waals surface area contributed by atoms with Crippen LogP contribution in [0.3, 0.4) is 0 Å². The molecule has 1 heterocycles. The van der Waals surface area contributed by atoms with Crippen molar-refractivity contribution in [3.8, 4) is 5.75 Å². The third-order valence-corrected chi connectivity index (χ3v) is 2.67. The summed E-state index contributed by atoms with van der Waals surface area (Å²) >= 11 is 0. The van der Waals surface area contributed by atoms with Gasteiger partial charge in [-0.15, -0.1) is 0 Å². The molecule has 0 aliphatic heterocycles. The molecule has 1 saturated carbocycles. The fraction of sp³-hybridized carbons (Fsp3) is 0.545. The molecule has 2 N–H and O–H groups in total. The van der Waals surface area contributed by atoms with Crippen LogP contribution >= 0.6 is 0 Å². The number of hydrogen-bond donors (Lipinski definition) is 1. The van der Waals surface area contributed by atoms with Crippen LogP contribution in [-0.2, 0) is 6.54 Å². The second-order valence-electron chi connectivity index (χ2n) is 3.71. The fourth-order valence-electron chi connectivity index (χ4n) is 1.87. The molecule has 76 valence electrons. The van der Waals surface area contributed by atoms with E-state index in [2.05, 4.69) is 4.98 Å². The third-order valence-electron chi connectivity index (χ3n) is 2.67. The molecule has 0 amide bonds. The minimum Gasteiger partial charge on any atom is -0.490 e. The Balaban J connectivity index is 2.07. The van der Waals surface area contributed by atoms with E-state index in [9.17, 15) is 0 Å². The Morgan fingerprint density at radius 3 is 2.93 bits per heavy atom. The van der Waals surface area contributed by atoms with Gasteiger partial charge in [0.2, 0.25) is 0 Å². The van der Waals surface area contributed by atoms with Crippen molar-refractivity contribution < 1.29 is 4.74 Å². The van der Waals surface area contributed by atoms with Gasteiger partial charge in [0.15, 0.2) is 0 Å². The van der Waals surface area contributed by atoms with Crippen LogP contribution in [0.5, 0.6) is 5.75 Å². The lowest BCUT2D eigenvalue weighted by Crippen LogP contribution is -2.13. The lowest BCUT2D eigenvalue weighted by Gasteiger charge is -2.15. The number of nitrogens with two attached hydrogens (primary N) is 1. The average Bonchev–Trinajstić information content (AvgIpc) is 2.71. The molecule has 3 nitrogen and oxygen atoms in total. The Hall–Kier alpha value is -1.09. The van der Waals surface area contributed by atoms with Gasteiger partial charge < -0.3 is 10.5 Å². The molecule has 0 saturated heterocycles. The maximum Gasteiger partial charge on any atom is 0.127 e. The first-order valence-electron chi connectivity index (χ1n) is 5.20. The maximum atomic E-state index is 5.88.